The first-order chi connectivity index (χ1) is 6.06. The summed E-state index contributed by atoms with van der Waals surface area (Å²) in [5.41, 5.74) is 6.58. The van der Waals surface area contributed by atoms with E-state index >= 15 is 0 Å². The molecular weight excluding hydrogens is 172 g/mol. The molecule has 0 fully saturated rings. The highest BCUT2D eigenvalue weighted by atomic mass is 16.6. The van der Waals surface area contributed by atoms with Crippen molar-refractivity contribution < 1.29 is 9.66 Å². The number of nitrogens with zero attached hydrogens (tertiary/aromatic N) is 1. The zero-order chi connectivity index (χ0) is 10.0. The van der Waals surface area contributed by atoms with E-state index in [0.717, 1.165) is 0 Å². The molecule has 0 aliphatic carbocycles. The Kier molecular flexibility index (Phi) is 2.36. The highest BCUT2D eigenvalue weighted by Gasteiger charge is 2.12. The molecular formula is C8H10N2O3. The second-order valence-corrected chi connectivity index (χ2v) is 2.62. The number of rotatable bonds is 2. The van der Waals surface area contributed by atoms with Crippen molar-refractivity contribution in [2.75, 3.05) is 12.8 Å². The van der Waals surface area contributed by atoms with Gasteiger partial charge >= 0.3 is 0 Å². The van der Waals surface area contributed by atoms with Gasteiger partial charge in [0.1, 0.15) is 5.75 Å². The first-order valence-electron chi connectivity index (χ1n) is 3.64. The van der Waals surface area contributed by atoms with Gasteiger partial charge in [-0.3, -0.25) is 10.1 Å². The van der Waals surface area contributed by atoms with Crippen LogP contribution in [0.2, 0.25) is 0 Å². The van der Waals surface area contributed by atoms with Crippen LogP contribution in [0.25, 0.3) is 0 Å². The zero-order valence-corrected chi connectivity index (χ0v) is 7.40. The van der Waals surface area contributed by atoms with E-state index in [1.165, 1.54) is 19.2 Å². The Morgan fingerprint density at radius 1 is 1.54 bits per heavy atom. The third-order valence-electron chi connectivity index (χ3n) is 1.82. The SMILES string of the molecule is COc1cc([N+](=O)[O-])cc(N)c1C. The highest BCUT2D eigenvalue weighted by molar-refractivity contribution is 5.60. The Bertz CT molecular complexity index is 349. The van der Waals surface area contributed by atoms with Crippen molar-refractivity contribution in [3.05, 3.63) is 27.8 Å². The summed E-state index contributed by atoms with van der Waals surface area (Å²) in [6.45, 7) is 1.75. The molecule has 0 bridgehead atoms. The minimum Gasteiger partial charge on any atom is -0.496 e. The van der Waals surface area contributed by atoms with E-state index in [0.29, 0.717) is 17.0 Å². The minimum atomic E-state index is -0.502. The van der Waals surface area contributed by atoms with Crippen molar-refractivity contribution in [2.24, 2.45) is 0 Å². The van der Waals surface area contributed by atoms with Gasteiger partial charge in [-0.15, -0.1) is 0 Å². The molecule has 0 saturated carbocycles. The molecule has 5 heteroatoms. The predicted octanol–water partition coefficient (Wildman–Crippen LogP) is 1.49. The molecule has 0 aliphatic heterocycles. The van der Waals surface area contributed by atoms with Crippen LogP contribution in [-0.2, 0) is 0 Å². The van der Waals surface area contributed by atoms with Crippen LogP contribution in [0.15, 0.2) is 12.1 Å². The number of nitrogen functional groups attached to an aromatic ring is 1. The lowest BCUT2D eigenvalue weighted by molar-refractivity contribution is -0.384. The molecule has 2 N–H and O–H groups in total. The largest absolute Gasteiger partial charge is 0.496 e. The van der Waals surface area contributed by atoms with Crippen molar-refractivity contribution in [1.29, 1.82) is 0 Å². The molecule has 0 spiro atoms. The summed E-state index contributed by atoms with van der Waals surface area (Å²) in [5, 5.41) is 10.4. The van der Waals surface area contributed by atoms with Crippen LogP contribution in [0.3, 0.4) is 0 Å². The number of benzene rings is 1. The molecule has 0 heterocycles. The maximum atomic E-state index is 10.4. The minimum absolute atomic E-state index is 0.0556. The van der Waals surface area contributed by atoms with Crippen LogP contribution in [0.4, 0.5) is 11.4 Å². The number of nitrogens with two attached hydrogens (primary N) is 1. The number of anilines is 1. The van der Waals surface area contributed by atoms with Crippen molar-refractivity contribution in [3.63, 3.8) is 0 Å². The first kappa shape index (κ1) is 9.31. The van der Waals surface area contributed by atoms with Gasteiger partial charge in [-0.2, -0.15) is 0 Å². The van der Waals surface area contributed by atoms with Crippen LogP contribution in [0.1, 0.15) is 5.56 Å². The Balaban J connectivity index is 3.30. The molecule has 1 aromatic carbocycles. The van der Waals surface area contributed by atoms with Crippen LogP contribution in [-0.4, -0.2) is 12.0 Å². The third kappa shape index (κ3) is 1.69. The van der Waals surface area contributed by atoms with Crippen LogP contribution in [0, 0.1) is 17.0 Å². The van der Waals surface area contributed by atoms with Gasteiger partial charge in [-0.25, -0.2) is 0 Å². The summed E-state index contributed by atoms with van der Waals surface area (Å²) in [5.74, 6) is 0.437. The van der Waals surface area contributed by atoms with Crippen molar-refractivity contribution >= 4 is 11.4 Å². The standard InChI is InChI=1S/C8H10N2O3/c1-5-7(9)3-6(10(11)12)4-8(5)13-2/h3-4H,9H2,1-2H3. The van der Waals surface area contributed by atoms with Crippen molar-refractivity contribution in [2.45, 2.75) is 6.92 Å². The fourth-order valence-corrected chi connectivity index (χ4v) is 1.01. The second-order valence-electron chi connectivity index (χ2n) is 2.62. The van der Waals surface area contributed by atoms with Crippen LogP contribution < -0.4 is 10.5 Å². The van der Waals surface area contributed by atoms with Gasteiger partial charge in [0.05, 0.1) is 18.1 Å². The van der Waals surface area contributed by atoms with E-state index < -0.39 is 4.92 Å². The predicted molar refractivity (Wildman–Crippen MR) is 48.8 cm³/mol. The number of nitro benzene ring substituents is 1. The van der Waals surface area contributed by atoms with Crippen LogP contribution in [0.5, 0.6) is 5.75 Å². The summed E-state index contributed by atoms with van der Waals surface area (Å²) < 4.78 is 4.93. The Morgan fingerprint density at radius 2 is 2.15 bits per heavy atom. The van der Waals surface area contributed by atoms with E-state index in [9.17, 15) is 10.1 Å². The van der Waals surface area contributed by atoms with E-state index in [-0.39, 0.29) is 5.69 Å². The van der Waals surface area contributed by atoms with E-state index in [1.807, 2.05) is 0 Å². The lowest BCUT2D eigenvalue weighted by Gasteiger charge is -2.06. The topological polar surface area (TPSA) is 78.4 Å². The molecule has 1 rings (SSSR count). The zero-order valence-electron chi connectivity index (χ0n) is 7.40. The first-order valence-corrected chi connectivity index (χ1v) is 3.64. The monoisotopic (exact) mass is 182 g/mol. The molecule has 0 amide bonds. The van der Waals surface area contributed by atoms with Gasteiger partial charge in [0.25, 0.3) is 5.69 Å². The second kappa shape index (κ2) is 3.30. The van der Waals surface area contributed by atoms with Gasteiger partial charge in [-0.1, -0.05) is 0 Å². The van der Waals surface area contributed by atoms with E-state index in [1.54, 1.807) is 6.92 Å². The lowest BCUT2D eigenvalue weighted by Crippen LogP contribution is -1.97. The quantitative estimate of drug-likeness (QED) is 0.427. The number of ether oxygens (including phenoxy) is 1. The fourth-order valence-electron chi connectivity index (χ4n) is 1.01. The van der Waals surface area contributed by atoms with E-state index in [4.69, 9.17) is 10.5 Å². The number of nitro groups is 1. The molecule has 0 saturated heterocycles. The Hall–Kier alpha value is -1.78. The van der Waals surface area contributed by atoms with Crippen LogP contribution >= 0.6 is 0 Å². The summed E-state index contributed by atoms with van der Waals surface area (Å²) in [7, 11) is 1.45. The smallest absolute Gasteiger partial charge is 0.275 e. The van der Waals surface area contributed by atoms with Gasteiger partial charge in [0.2, 0.25) is 0 Å². The van der Waals surface area contributed by atoms with Crippen molar-refractivity contribution in [3.8, 4) is 5.75 Å². The van der Waals surface area contributed by atoms with Gasteiger partial charge in [0, 0.05) is 17.3 Å². The summed E-state index contributed by atoms with van der Waals surface area (Å²) in [6, 6.07) is 2.67. The Labute approximate surface area is 75.3 Å². The van der Waals surface area contributed by atoms with Gasteiger partial charge < -0.3 is 10.5 Å². The van der Waals surface area contributed by atoms with Gasteiger partial charge in [0.15, 0.2) is 0 Å². The molecule has 0 aromatic heterocycles. The lowest BCUT2D eigenvalue weighted by atomic mass is 10.1. The number of hydrogen-bond donors (Lipinski definition) is 1. The molecule has 0 atom stereocenters. The fraction of sp³-hybridized carbons (Fsp3) is 0.250. The highest BCUT2D eigenvalue weighted by Crippen LogP contribution is 2.29. The third-order valence-corrected chi connectivity index (χ3v) is 1.82. The number of hydrogen-bond acceptors (Lipinski definition) is 4. The molecule has 0 radical (unpaired) electrons. The summed E-state index contributed by atoms with van der Waals surface area (Å²) >= 11 is 0. The summed E-state index contributed by atoms with van der Waals surface area (Å²) in [6.07, 6.45) is 0. The average molecular weight is 182 g/mol. The molecule has 0 unspecified atom stereocenters. The normalized spacial score (nSPS) is 9.69. The molecule has 0 aliphatic rings. The van der Waals surface area contributed by atoms with E-state index in [2.05, 4.69) is 0 Å². The molecule has 5 nitrogen and oxygen atoms in total. The van der Waals surface area contributed by atoms with Crippen molar-refractivity contribution in [1.82, 2.24) is 0 Å². The number of non-ortho nitro benzene ring substituents is 1. The maximum Gasteiger partial charge on any atom is 0.275 e. The Morgan fingerprint density at radius 3 is 2.62 bits per heavy atom. The average Bonchev–Trinajstić information content (AvgIpc) is 2.09. The number of methoxy groups -OCH3 is 1. The molecule has 13 heavy (non-hydrogen) atoms. The molecule has 70 valence electrons. The maximum absolute atomic E-state index is 10.4. The summed E-state index contributed by atoms with van der Waals surface area (Å²) in [4.78, 5) is 9.93. The molecule has 1 aromatic rings. The van der Waals surface area contributed by atoms with Gasteiger partial charge in [-0.05, 0) is 6.92 Å².